The lowest BCUT2D eigenvalue weighted by Gasteiger charge is -2.33. The van der Waals surface area contributed by atoms with E-state index in [1.807, 2.05) is 41.8 Å². The van der Waals surface area contributed by atoms with Gasteiger partial charge in [-0.1, -0.05) is 36.4 Å². The van der Waals surface area contributed by atoms with Gasteiger partial charge in [0.1, 0.15) is 5.75 Å². The number of benzene rings is 2. The number of rotatable bonds is 5. The molecule has 28 heavy (non-hydrogen) atoms. The summed E-state index contributed by atoms with van der Waals surface area (Å²) in [6, 6.07) is 19.1. The summed E-state index contributed by atoms with van der Waals surface area (Å²) in [6.07, 6.45) is 0.208. The quantitative estimate of drug-likeness (QED) is 0.702. The molecule has 0 aliphatic carbocycles. The molecule has 142 valence electrons. The van der Waals surface area contributed by atoms with Crippen LogP contribution in [0.25, 0.3) is 0 Å². The van der Waals surface area contributed by atoms with Gasteiger partial charge in [0.2, 0.25) is 0 Å². The summed E-state index contributed by atoms with van der Waals surface area (Å²) >= 11 is 1.38. The smallest absolute Gasteiger partial charge is 0.267 e. The maximum absolute atomic E-state index is 12.7. The van der Waals surface area contributed by atoms with Crippen LogP contribution in [0.15, 0.2) is 66.0 Å². The molecule has 2 heterocycles. The largest absolute Gasteiger partial charge is 0.479 e. The lowest BCUT2D eigenvalue weighted by atomic mass is 10.1. The number of thiophene rings is 1. The van der Waals surface area contributed by atoms with Gasteiger partial charge in [-0.3, -0.25) is 9.59 Å². The Labute approximate surface area is 167 Å². The predicted molar refractivity (Wildman–Crippen MR) is 111 cm³/mol. The van der Waals surface area contributed by atoms with Gasteiger partial charge < -0.3 is 15.0 Å². The third-order valence-corrected chi connectivity index (χ3v) is 5.51. The van der Waals surface area contributed by atoms with E-state index in [2.05, 4.69) is 5.32 Å². The van der Waals surface area contributed by atoms with Crippen LogP contribution in [-0.2, 0) is 11.2 Å². The third-order valence-electron chi connectivity index (χ3n) is 4.64. The first kappa shape index (κ1) is 18.3. The van der Waals surface area contributed by atoms with Gasteiger partial charge in [-0.15, -0.1) is 11.3 Å². The zero-order chi connectivity index (χ0) is 19.5. The summed E-state index contributed by atoms with van der Waals surface area (Å²) in [5, 5.41) is 4.75. The van der Waals surface area contributed by atoms with Gasteiger partial charge in [-0.2, -0.15) is 0 Å². The number of hydrogen-bond acceptors (Lipinski definition) is 4. The minimum Gasteiger partial charge on any atom is -0.479 e. The van der Waals surface area contributed by atoms with Gasteiger partial charge in [0, 0.05) is 12.2 Å². The first-order valence-corrected chi connectivity index (χ1v) is 10.0. The Bertz CT molecular complexity index is 986. The number of nitrogens with one attached hydrogen (secondary N) is 1. The summed E-state index contributed by atoms with van der Waals surface area (Å²) in [6.45, 7) is 2.30. The molecule has 0 saturated heterocycles. The maximum Gasteiger partial charge on any atom is 0.267 e. The molecular weight excluding hydrogens is 372 g/mol. The first-order chi connectivity index (χ1) is 13.6. The Morgan fingerprint density at radius 3 is 2.71 bits per heavy atom. The average Bonchev–Trinajstić information content (AvgIpc) is 3.25. The van der Waals surface area contributed by atoms with E-state index in [-0.39, 0.29) is 11.8 Å². The molecule has 0 bridgehead atoms. The van der Waals surface area contributed by atoms with Crippen molar-refractivity contribution >= 4 is 34.5 Å². The number of anilines is 2. The van der Waals surface area contributed by atoms with Crippen molar-refractivity contribution in [2.24, 2.45) is 0 Å². The fraction of sp³-hybridized carbons (Fsp3) is 0.182. The Hall–Kier alpha value is -3.12. The van der Waals surface area contributed by atoms with Crippen LogP contribution < -0.4 is 15.0 Å². The highest BCUT2D eigenvalue weighted by molar-refractivity contribution is 7.12. The molecule has 3 aromatic rings. The van der Waals surface area contributed by atoms with Gasteiger partial charge in [-0.25, -0.2) is 0 Å². The van der Waals surface area contributed by atoms with E-state index in [4.69, 9.17) is 4.74 Å². The number of carbonyl (C=O) groups is 2. The normalized spacial score (nSPS) is 15.7. The van der Waals surface area contributed by atoms with Crippen molar-refractivity contribution < 1.29 is 14.3 Å². The molecular formula is C22H20N2O3S. The van der Waals surface area contributed by atoms with Crippen LogP contribution in [-0.4, -0.2) is 24.5 Å². The lowest BCUT2D eigenvalue weighted by Crippen LogP contribution is -2.45. The predicted octanol–water partition coefficient (Wildman–Crippen LogP) is 4.36. The Balaban J connectivity index is 1.58. The number of amides is 2. The molecule has 1 N–H and O–H groups in total. The van der Waals surface area contributed by atoms with Crippen LogP contribution in [0.5, 0.6) is 5.75 Å². The van der Waals surface area contributed by atoms with E-state index in [0.29, 0.717) is 28.5 Å². The zero-order valence-corrected chi connectivity index (χ0v) is 16.2. The summed E-state index contributed by atoms with van der Waals surface area (Å²) in [7, 11) is 0. The number of nitrogens with zero attached hydrogens (tertiary/aromatic N) is 1. The van der Waals surface area contributed by atoms with Crippen molar-refractivity contribution in [2.45, 2.75) is 19.4 Å². The molecule has 4 rings (SSSR count). The molecule has 1 unspecified atom stereocenters. The highest BCUT2D eigenvalue weighted by Crippen LogP contribution is 2.36. The summed E-state index contributed by atoms with van der Waals surface area (Å²) in [4.78, 5) is 27.5. The summed E-state index contributed by atoms with van der Waals surface area (Å²) in [5.41, 5.74) is 2.48. The van der Waals surface area contributed by atoms with Crippen molar-refractivity contribution in [3.63, 3.8) is 0 Å². The molecule has 0 saturated carbocycles. The van der Waals surface area contributed by atoms with Crippen molar-refractivity contribution in [1.82, 2.24) is 0 Å². The van der Waals surface area contributed by atoms with Crippen molar-refractivity contribution in [3.05, 3.63) is 76.5 Å². The molecule has 2 amide bonds. The SMILES string of the molecule is CC1Oc2ccc(NC(=O)c3cccs3)cc2N(CCc2ccccc2)C1=O. The van der Waals surface area contributed by atoms with Gasteiger partial charge >= 0.3 is 0 Å². The Morgan fingerprint density at radius 2 is 1.96 bits per heavy atom. The minimum absolute atomic E-state index is 0.0786. The number of ether oxygens (including phenoxy) is 1. The van der Waals surface area contributed by atoms with Crippen LogP contribution in [0.4, 0.5) is 11.4 Å². The van der Waals surface area contributed by atoms with Crippen LogP contribution in [0.3, 0.4) is 0 Å². The van der Waals surface area contributed by atoms with E-state index < -0.39 is 6.10 Å². The summed E-state index contributed by atoms with van der Waals surface area (Å²) in [5.74, 6) is 0.404. The molecule has 1 aromatic heterocycles. The van der Waals surface area contributed by atoms with Crippen LogP contribution >= 0.6 is 11.3 Å². The standard InChI is InChI=1S/C22H20N2O3S/c1-15-22(26)24(12-11-16-6-3-2-4-7-16)18-14-17(9-10-19(18)27-15)23-21(25)20-8-5-13-28-20/h2-10,13-15H,11-12H2,1H3,(H,23,25). The molecule has 0 spiro atoms. The second-order valence-corrected chi connectivity index (χ2v) is 7.55. The van der Waals surface area contributed by atoms with Gasteiger partial charge in [0.25, 0.3) is 11.8 Å². The summed E-state index contributed by atoms with van der Waals surface area (Å²) < 4.78 is 5.76. The topological polar surface area (TPSA) is 58.6 Å². The second-order valence-electron chi connectivity index (χ2n) is 6.60. The average molecular weight is 392 g/mol. The van der Waals surface area contributed by atoms with Crippen molar-refractivity contribution in [1.29, 1.82) is 0 Å². The van der Waals surface area contributed by atoms with Crippen LogP contribution in [0, 0.1) is 0 Å². The number of carbonyl (C=O) groups excluding carboxylic acids is 2. The molecule has 5 nitrogen and oxygen atoms in total. The molecule has 2 aromatic carbocycles. The zero-order valence-electron chi connectivity index (χ0n) is 15.4. The molecule has 1 aliphatic rings. The number of hydrogen-bond donors (Lipinski definition) is 1. The molecule has 0 fully saturated rings. The van der Waals surface area contributed by atoms with Crippen molar-refractivity contribution in [3.8, 4) is 5.75 Å². The Morgan fingerprint density at radius 1 is 1.14 bits per heavy atom. The molecule has 6 heteroatoms. The van der Waals surface area contributed by atoms with E-state index in [0.717, 1.165) is 12.0 Å². The fourth-order valence-electron chi connectivity index (χ4n) is 3.20. The van der Waals surface area contributed by atoms with Gasteiger partial charge in [0.05, 0.1) is 10.6 Å². The monoisotopic (exact) mass is 392 g/mol. The molecule has 0 radical (unpaired) electrons. The van der Waals surface area contributed by atoms with Crippen molar-refractivity contribution in [2.75, 3.05) is 16.8 Å². The highest BCUT2D eigenvalue weighted by Gasteiger charge is 2.31. The van der Waals surface area contributed by atoms with E-state index in [1.54, 1.807) is 36.1 Å². The van der Waals surface area contributed by atoms with E-state index in [9.17, 15) is 9.59 Å². The maximum atomic E-state index is 12.7. The third kappa shape index (κ3) is 3.77. The van der Waals surface area contributed by atoms with E-state index >= 15 is 0 Å². The lowest BCUT2D eigenvalue weighted by molar-refractivity contribution is -0.125. The van der Waals surface area contributed by atoms with Gasteiger partial charge in [0.15, 0.2) is 6.10 Å². The Kier molecular flexibility index (Phi) is 5.12. The first-order valence-electron chi connectivity index (χ1n) is 9.12. The highest BCUT2D eigenvalue weighted by atomic mass is 32.1. The molecule has 1 atom stereocenters. The molecule has 1 aliphatic heterocycles. The van der Waals surface area contributed by atoms with Crippen LogP contribution in [0.2, 0.25) is 0 Å². The van der Waals surface area contributed by atoms with E-state index in [1.165, 1.54) is 11.3 Å². The second kappa shape index (κ2) is 7.86. The number of fused-ring (bicyclic) bond motifs is 1. The van der Waals surface area contributed by atoms with Crippen LogP contribution in [0.1, 0.15) is 22.2 Å². The minimum atomic E-state index is -0.533. The van der Waals surface area contributed by atoms with Gasteiger partial charge in [-0.05, 0) is 48.6 Å². The fourth-order valence-corrected chi connectivity index (χ4v) is 3.82.